The Kier molecular flexibility index (Phi) is 3.61. The van der Waals surface area contributed by atoms with Gasteiger partial charge in [-0.05, 0) is 0 Å². The summed E-state index contributed by atoms with van der Waals surface area (Å²) in [6, 6.07) is 0. The maximum absolute atomic E-state index is 11.4. The summed E-state index contributed by atoms with van der Waals surface area (Å²) in [7, 11) is 1.59. The number of carbonyl (C=O) groups is 1. The number of nitrogens with two attached hydrogens (primary N) is 1. The van der Waals surface area contributed by atoms with Crippen molar-refractivity contribution in [2.24, 2.45) is 10.9 Å². The highest BCUT2D eigenvalue weighted by Crippen LogP contribution is 1.97. The molecule has 0 radical (unpaired) electrons. The summed E-state index contributed by atoms with van der Waals surface area (Å²) in [4.78, 5) is 16.7. The number of amides is 1. The van der Waals surface area contributed by atoms with E-state index in [9.17, 15) is 4.79 Å². The van der Waals surface area contributed by atoms with Gasteiger partial charge >= 0.3 is 0 Å². The largest absolute Gasteiger partial charge is 0.409 e. The molecule has 0 aliphatic carbocycles. The van der Waals surface area contributed by atoms with Crippen LogP contribution in [0.25, 0.3) is 0 Å². The average Bonchev–Trinajstić information content (AvgIpc) is 2.70. The molecule has 1 aromatic rings. The number of H-pyrrole nitrogens is 1. The van der Waals surface area contributed by atoms with Gasteiger partial charge in [0.1, 0.15) is 18.0 Å². The Hall–Kier alpha value is -2.12. The van der Waals surface area contributed by atoms with Crippen LogP contribution in [0.1, 0.15) is 12.2 Å². The van der Waals surface area contributed by atoms with Gasteiger partial charge in [0.25, 0.3) is 0 Å². The lowest BCUT2D eigenvalue weighted by atomic mass is 10.3. The number of hydrogen-bond donors (Lipinski definition) is 3. The molecule has 82 valence electrons. The van der Waals surface area contributed by atoms with E-state index in [1.165, 1.54) is 11.2 Å². The van der Waals surface area contributed by atoms with E-state index in [0.29, 0.717) is 12.4 Å². The fourth-order valence-electron chi connectivity index (χ4n) is 0.945. The van der Waals surface area contributed by atoms with Crippen LogP contribution in [0.15, 0.2) is 11.5 Å². The van der Waals surface area contributed by atoms with Crippen molar-refractivity contribution in [2.75, 3.05) is 7.05 Å². The number of aromatic amines is 1. The number of oxime groups is 1. The zero-order chi connectivity index (χ0) is 11.3. The van der Waals surface area contributed by atoms with Crippen LogP contribution >= 0.6 is 0 Å². The smallest absolute Gasteiger partial charge is 0.230 e. The van der Waals surface area contributed by atoms with Gasteiger partial charge in [-0.1, -0.05) is 5.16 Å². The van der Waals surface area contributed by atoms with E-state index in [0.717, 1.165) is 0 Å². The Morgan fingerprint density at radius 1 is 1.80 bits per heavy atom. The standard InChI is InChI=1S/C7H12N6O2/c1-13(3-6-9-4-10-11-6)7(14)2-5(8)12-15/h4,15H,2-3H2,1H3,(H2,8,12)(H,9,10,11). The Morgan fingerprint density at radius 3 is 3.07 bits per heavy atom. The van der Waals surface area contributed by atoms with E-state index in [-0.39, 0.29) is 18.2 Å². The first-order valence-corrected chi connectivity index (χ1v) is 4.18. The molecule has 8 heteroatoms. The monoisotopic (exact) mass is 212 g/mol. The van der Waals surface area contributed by atoms with Crippen molar-refractivity contribution in [3.8, 4) is 0 Å². The minimum atomic E-state index is -0.262. The van der Waals surface area contributed by atoms with Crippen LogP contribution < -0.4 is 5.73 Å². The summed E-state index contributed by atoms with van der Waals surface area (Å²) in [5.41, 5.74) is 5.20. The van der Waals surface area contributed by atoms with Crippen LogP contribution in [-0.2, 0) is 11.3 Å². The lowest BCUT2D eigenvalue weighted by Gasteiger charge is -2.14. The summed E-state index contributed by atoms with van der Waals surface area (Å²) >= 11 is 0. The van der Waals surface area contributed by atoms with Gasteiger partial charge in [-0.15, -0.1) is 0 Å². The van der Waals surface area contributed by atoms with Gasteiger partial charge in [-0.3, -0.25) is 9.89 Å². The topological polar surface area (TPSA) is 120 Å². The van der Waals surface area contributed by atoms with E-state index < -0.39 is 0 Å². The molecule has 0 aliphatic rings. The van der Waals surface area contributed by atoms with E-state index in [1.54, 1.807) is 7.05 Å². The second-order valence-electron chi connectivity index (χ2n) is 2.95. The molecule has 0 aliphatic heterocycles. The highest BCUT2D eigenvalue weighted by molar-refractivity contribution is 5.98. The van der Waals surface area contributed by atoms with E-state index in [4.69, 9.17) is 10.9 Å². The van der Waals surface area contributed by atoms with E-state index >= 15 is 0 Å². The minimum Gasteiger partial charge on any atom is -0.409 e. The van der Waals surface area contributed by atoms with Gasteiger partial charge in [-0.2, -0.15) is 5.10 Å². The normalized spacial score (nSPS) is 11.4. The quantitative estimate of drug-likeness (QED) is 0.253. The first-order chi connectivity index (χ1) is 7.13. The van der Waals surface area contributed by atoms with Crippen molar-refractivity contribution in [3.05, 3.63) is 12.2 Å². The molecule has 15 heavy (non-hydrogen) atoms. The number of nitrogens with zero attached hydrogens (tertiary/aromatic N) is 4. The Morgan fingerprint density at radius 2 is 2.53 bits per heavy atom. The summed E-state index contributed by atoms with van der Waals surface area (Å²) in [5, 5.41) is 17.3. The highest BCUT2D eigenvalue weighted by Gasteiger charge is 2.12. The van der Waals surface area contributed by atoms with Crippen molar-refractivity contribution in [1.29, 1.82) is 0 Å². The molecule has 0 aromatic carbocycles. The molecule has 0 bridgehead atoms. The van der Waals surface area contributed by atoms with Crippen molar-refractivity contribution in [2.45, 2.75) is 13.0 Å². The van der Waals surface area contributed by atoms with Crippen LogP contribution in [0.3, 0.4) is 0 Å². The third-order valence-electron chi connectivity index (χ3n) is 1.74. The van der Waals surface area contributed by atoms with Gasteiger partial charge in [-0.25, -0.2) is 4.98 Å². The lowest BCUT2D eigenvalue weighted by molar-refractivity contribution is -0.129. The van der Waals surface area contributed by atoms with Gasteiger partial charge < -0.3 is 15.8 Å². The van der Waals surface area contributed by atoms with Crippen LogP contribution in [-0.4, -0.2) is 44.1 Å². The molecule has 1 heterocycles. The molecule has 1 amide bonds. The van der Waals surface area contributed by atoms with Crippen molar-refractivity contribution in [3.63, 3.8) is 0 Å². The fraction of sp³-hybridized carbons (Fsp3) is 0.429. The van der Waals surface area contributed by atoms with Gasteiger partial charge in [0.15, 0.2) is 0 Å². The number of rotatable bonds is 4. The number of aromatic nitrogens is 3. The molecule has 4 N–H and O–H groups in total. The number of nitrogens with one attached hydrogen (secondary N) is 1. The zero-order valence-electron chi connectivity index (χ0n) is 8.21. The van der Waals surface area contributed by atoms with Crippen LogP contribution in [0.5, 0.6) is 0 Å². The first kappa shape index (κ1) is 11.0. The fourth-order valence-corrected chi connectivity index (χ4v) is 0.945. The Labute approximate surface area is 85.8 Å². The molecule has 0 fully saturated rings. The van der Waals surface area contributed by atoms with Crippen molar-refractivity contribution >= 4 is 11.7 Å². The highest BCUT2D eigenvalue weighted by atomic mass is 16.4. The van der Waals surface area contributed by atoms with Crippen LogP contribution in [0.4, 0.5) is 0 Å². The summed E-state index contributed by atoms with van der Waals surface area (Å²) < 4.78 is 0. The molecule has 8 nitrogen and oxygen atoms in total. The number of amidine groups is 1. The molecule has 0 unspecified atom stereocenters. The summed E-state index contributed by atoms with van der Waals surface area (Å²) in [6.45, 7) is 0.303. The molecule has 0 spiro atoms. The van der Waals surface area contributed by atoms with E-state index in [2.05, 4.69) is 20.3 Å². The maximum atomic E-state index is 11.4. The summed E-state index contributed by atoms with van der Waals surface area (Å²) in [6.07, 6.45) is 1.23. The van der Waals surface area contributed by atoms with Crippen molar-refractivity contribution < 1.29 is 10.0 Å². The van der Waals surface area contributed by atoms with Crippen LogP contribution in [0.2, 0.25) is 0 Å². The SMILES string of the molecule is CN(Cc1ncn[nH]1)C(=O)CC(N)=NO. The minimum absolute atomic E-state index is 0.121. The Bertz CT molecular complexity index is 346. The van der Waals surface area contributed by atoms with Crippen molar-refractivity contribution in [1.82, 2.24) is 20.1 Å². The average molecular weight is 212 g/mol. The second kappa shape index (κ2) is 4.94. The predicted octanol–water partition coefficient (Wildman–Crippen LogP) is -1.10. The molecule has 0 atom stereocenters. The third kappa shape index (κ3) is 3.25. The van der Waals surface area contributed by atoms with Gasteiger partial charge in [0, 0.05) is 7.05 Å². The third-order valence-corrected chi connectivity index (χ3v) is 1.74. The molecular weight excluding hydrogens is 200 g/mol. The first-order valence-electron chi connectivity index (χ1n) is 4.18. The lowest BCUT2D eigenvalue weighted by Crippen LogP contribution is -2.30. The van der Waals surface area contributed by atoms with Gasteiger partial charge in [0.05, 0.1) is 13.0 Å². The van der Waals surface area contributed by atoms with Crippen LogP contribution in [0, 0.1) is 0 Å². The maximum Gasteiger partial charge on any atom is 0.230 e. The zero-order valence-corrected chi connectivity index (χ0v) is 8.21. The number of carbonyl (C=O) groups excluding carboxylic acids is 1. The second-order valence-corrected chi connectivity index (χ2v) is 2.95. The molecule has 0 saturated carbocycles. The predicted molar refractivity (Wildman–Crippen MR) is 50.9 cm³/mol. The summed E-state index contributed by atoms with van der Waals surface area (Å²) in [5.74, 6) is 0.191. The molecule has 0 saturated heterocycles. The molecule has 1 aromatic heterocycles. The van der Waals surface area contributed by atoms with Gasteiger partial charge in [0.2, 0.25) is 5.91 Å². The van der Waals surface area contributed by atoms with E-state index in [1.807, 2.05) is 0 Å². The molecular formula is C7H12N6O2. The number of hydrogen-bond acceptors (Lipinski definition) is 5. The Balaban J connectivity index is 2.47. The molecule has 1 rings (SSSR count).